The predicted octanol–water partition coefficient (Wildman–Crippen LogP) is 3.96. The molecule has 2 heterocycles. The zero-order valence-corrected chi connectivity index (χ0v) is 23.7. The Bertz CT molecular complexity index is 1210. The normalized spacial score (nSPS) is 22.3. The second-order valence-corrected chi connectivity index (χ2v) is 12.1. The number of amides is 2. The number of rotatable bonds is 9. The molecule has 208 valence electrons. The average Bonchev–Trinajstić information content (AvgIpc) is 2.90. The van der Waals surface area contributed by atoms with Crippen molar-refractivity contribution in [3.8, 4) is 0 Å². The Kier molecular flexibility index (Phi) is 8.83. The summed E-state index contributed by atoms with van der Waals surface area (Å²) >= 11 is 1.30. The fourth-order valence-electron chi connectivity index (χ4n) is 4.57. The number of ether oxygens (including phenoxy) is 2. The van der Waals surface area contributed by atoms with Gasteiger partial charge in [0.15, 0.2) is 12.1 Å². The van der Waals surface area contributed by atoms with E-state index in [0.717, 1.165) is 5.56 Å². The molecule has 9 heteroatoms. The first kappa shape index (κ1) is 28.9. The highest BCUT2D eigenvalue weighted by atomic mass is 32.2. The van der Waals surface area contributed by atoms with Gasteiger partial charge in [-0.1, -0.05) is 74.5 Å². The second kappa shape index (κ2) is 11.9. The van der Waals surface area contributed by atoms with Crippen LogP contribution >= 0.6 is 11.8 Å². The molecule has 5 atom stereocenters. The summed E-state index contributed by atoms with van der Waals surface area (Å²) in [6.45, 7) is 9.16. The lowest BCUT2D eigenvalue weighted by molar-refractivity contribution is -0.171. The Balaban J connectivity index is 1.54. The van der Waals surface area contributed by atoms with E-state index in [4.69, 9.17) is 9.47 Å². The molecule has 8 nitrogen and oxygen atoms in total. The minimum absolute atomic E-state index is 0.168. The summed E-state index contributed by atoms with van der Waals surface area (Å²) in [6, 6.07) is 16.7. The van der Waals surface area contributed by atoms with Crippen LogP contribution < -0.4 is 5.32 Å². The van der Waals surface area contributed by atoms with Crippen molar-refractivity contribution < 1.29 is 29.0 Å². The minimum atomic E-state index is -1.06. The lowest BCUT2D eigenvalue weighted by Gasteiger charge is -2.52. The molecule has 4 unspecified atom stereocenters. The van der Waals surface area contributed by atoms with E-state index >= 15 is 0 Å². The molecule has 1 fully saturated rings. The smallest absolute Gasteiger partial charge is 0.333 e. The van der Waals surface area contributed by atoms with E-state index in [1.54, 1.807) is 38.3 Å². The van der Waals surface area contributed by atoms with Crippen LogP contribution in [0, 0.1) is 5.92 Å². The minimum Gasteiger partial charge on any atom is -0.458 e. The third-order valence-electron chi connectivity index (χ3n) is 6.52. The molecule has 0 radical (unpaired) electrons. The maximum Gasteiger partial charge on any atom is 0.333 e. The molecule has 2 amide bonds. The SMILES string of the molecule is CC(C)C(O)C1=CS[C@H]2C(NC(=O)C(OCc3ccccc3)c3ccccc3)C(=O)N2C1C(=O)OC(C)(C)C. The molecule has 0 spiro atoms. The molecule has 0 aromatic heterocycles. The van der Waals surface area contributed by atoms with E-state index in [1.807, 2.05) is 62.4 Å². The number of aliphatic hydroxyl groups is 1. The molecule has 39 heavy (non-hydrogen) atoms. The van der Waals surface area contributed by atoms with E-state index in [2.05, 4.69) is 5.32 Å². The third-order valence-corrected chi connectivity index (χ3v) is 7.70. The maximum absolute atomic E-state index is 13.5. The number of β-lactam (4-membered cyclic amide) rings is 1. The molecule has 4 rings (SSSR count). The van der Waals surface area contributed by atoms with E-state index in [9.17, 15) is 19.5 Å². The van der Waals surface area contributed by atoms with Crippen molar-refractivity contribution in [1.29, 1.82) is 0 Å². The van der Waals surface area contributed by atoms with Crippen LogP contribution in [0.4, 0.5) is 0 Å². The van der Waals surface area contributed by atoms with Gasteiger partial charge in [-0.15, -0.1) is 11.8 Å². The summed E-state index contributed by atoms with van der Waals surface area (Å²) in [5.74, 6) is -1.63. The Morgan fingerprint density at radius 2 is 1.67 bits per heavy atom. The lowest BCUT2D eigenvalue weighted by atomic mass is 9.90. The number of hydrogen-bond acceptors (Lipinski definition) is 7. The topological polar surface area (TPSA) is 105 Å². The van der Waals surface area contributed by atoms with Crippen LogP contribution in [0.25, 0.3) is 0 Å². The van der Waals surface area contributed by atoms with Crippen molar-refractivity contribution in [2.75, 3.05) is 0 Å². The maximum atomic E-state index is 13.5. The van der Waals surface area contributed by atoms with E-state index in [-0.39, 0.29) is 12.5 Å². The van der Waals surface area contributed by atoms with Crippen LogP contribution in [0.3, 0.4) is 0 Å². The van der Waals surface area contributed by atoms with Gasteiger partial charge in [-0.2, -0.15) is 0 Å². The molecule has 2 aromatic rings. The molecule has 2 aliphatic heterocycles. The van der Waals surface area contributed by atoms with Crippen molar-refractivity contribution in [3.63, 3.8) is 0 Å². The monoisotopic (exact) mass is 552 g/mol. The Labute approximate surface area is 233 Å². The average molecular weight is 553 g/mol. The number of esters is 1. The Morgan fingerprint density at radius 3 is 2.26 bits per heavy atom. The van der Waals surface area contributed by atoms with Gasteiger partial charge in [0.2, 0.25) is 5.91 Å². The molecule has 2 N–H and O–H groups in total. The number of carbonyl (C=O) groups excluding carboxylic acids is 3. The van der Waals surface area contributed by atoms with E-state index in [0.29, 0.717) is 11.1 Å². The van der Waals surface area contributed by atoms with Crippen LogP contribution in [0.15, 0.2) is 71.6 Å². The molecule has 0 saturated carbocycles. The number of fused-ring (bicyclic) bond motifs is 1. The van der Waals surface area contributed by atoms with Crippen LogP contribution in [-0.2, 0) is 30.5 Å². The summed E-state index contributed by atoms with van der Waals surface area (Å²) in [5.41, 5.74) is 1.24. The fraction of sp³-hybridized carbons (Fsp3) is 0.433. The Hall–Kier alpha value is -3.14. The first-order valence-corrected chi connectivity index (χ1v) is 14.0. The molecular formula is C30H36N2O6S. The van der Waals surface area contributed by atoms with Gasteiger partial charge in [-0.25, -0.2) is 4.79 Å². The second-order valence-electron chi connectivity index (χ2n) is 11.1. The standard InChI is InChI=1S/C30H36N2O6S/c1-18(2)24(33)21-17-39-28-22(27(35)32(28)23(21)29(36)38-30(3,4)5)31-26(34)25(20-14-10-7-11-15-20)37-16-19-12-8-6-9-13-19/h6-15,17-18,22-25,28,33H,16H2,1-5H3,(H,31,34)/t22?,23?,24?,25?,28-/m0/s1. The number of carbonyl (C=O) groups is 3. The molecule has 0 aliphatic carbocycles. The van der Waals surface area contributed by atoms with Gasteiger partial charge < -0.3 is 24.8 Å². The fourth-order valence-corrected chi connectivity index (χ4v) is 5.83. The van der Waals surface area contributed by atoms with E-state index in [1.165, 1.54) is 16.7 Å². The van der Waals surface area contributed by atoms with Gasteiger partial charge in [0.25, 0.3) is 5.91 Å². The predicted molar refractivity (Wildman–Crippen MR) is 149 cm³/mol. The zero-order chi connectivity index (χ0) is 28.3. The number of nitrogens with zero attached hydrogens (tertiary/aromatic N) is 1. The lowest BCUT2D eigenvalue weighted by Crippen LogP contribution is -2.74. The molecule has 2 aliphatic rings. The van der Waals surface area contributed by atoms with Crippen LogP contribution in [-0.4, -0.2) is 57.0 Å². The highest BCUT2D eigenvalue weighted by Crippen LogP contribution is 2.42. The number of hydrogen-bond donors (Lipinski definition) is 2. The van der Waals surface area contributed by atoms with Crippen molar-refractivity contribution in [2.45, 2.75) is 76.5 Å². The van der Waals surface area contributed by atoms with Gasteiger partial charge in [0, 0.05) is 0 Å². The molecule has 0 bridgehead atoms. The molecule has 1 saturated heterocycles. The number of thioether (sulfide) groups is 1. The number of benzene rings is 2. The first-order valence-electron chi connectivity index (χ1n) is 13.1. The van der Waals surface area contributed by atoms with Gasteiger partial charge in [-0.05, 0) is 48.8 Å². The summed E-state index contributed by atoms with van der Waals surface area (Å²) in [6.07, 6.45) is -1.86. The van der Waals surface area contributed by atoms with Crippen molar-refractivity contribution in [1.82, 2.24) is 10.2 Å². The quantitative estimate of drug-likeness (QED) is 0.358. The van der Waals surface area contributed by atoms with E-state index < -0.39 is 53.1 Å². The highest BCUT2D eigenvalue weighted by molar-refractivity contribution is 8.03. The molecule has 2 aromatic carbocycles. The van der Waals surface area contributed by atoms with Crippen LogP contribution in [0.1, 0.15) is 51.8 Å². The van der Waals surface area contributed by atoms with Crippen molar-refractivity contribution in [2.24, 2.45) is 5.92 Å². The third kappa shape index (κ3) is 6.54. The number of aliphatic hydroxyl groups excluding tert-OH is 1. The summed E-state index contributed by atoms with van der Waals surface area (Å²) in [4.78, 5) is 41.6. The van der Waals surface area contributed by atoms with Gasteiger partial charge in [0.05, 0.1) is 12.7 Å². The van der Waals surface area contributed by atoms with Crippen molar-refractivity contribution in [3.05, 3.63) is 82.8 Å². The molecular weight excluding hydrogens is 516 g/mol. The largest absolute Gasteiger partial charge is 0.458 e. The number of nitrogens with one attached hydrogen (secondary N) is 1. The Morgan fingerprint density at radius 1 is 1.05 bits per heavy atom. The highest BCUT2D eigenvalue weighted by Gasteiger charge is 2.57. The van der Waals surface area contributed by atoms with Crippen LogP contribution in [0.5, 0.6) is 0 Å². The summed E-state index contributed by atoms with van der Waals surface area (Å²) in [7, 11) is 0. The zero-order valence-electron chi connectivity index (χ0n) is 22.9. The van der Waals surface area contributed by atoms with Crippen LogP contribution in [0.2, 0.25) is 0 Å². The van der Waals surface area contributed by atoms with Gasteiger partial charge in [-0.3, -0.25) is 9.59 Å². The van der Waals surface area contributed by atoms with Gasteiger partial charge in [0.1, 0.15) is 17.0 Å². The van der Waals surface area contributed by atoms with Gasteiger partial charge >= 0.3 is 5.97 Å². The van der Waals surface area contributed by atoms with Crippen molar-refractivity contribution >= 4 is 29.5 Å². The summed E-state index contributed by atoms with van der Waals surface area (Å²) in [5, 5.41) is 14.9. The summed E-state index contributed by atoms with van der Waals surface area (Å²) < 4.78 is 11.7. The first-order chi connectivity index (χ1) is 18.5.